The molecule has 9 rings (SSSR count). The fourth-order valence-corrected chi connectivity index (χ4v) is 7.20. The van der Waals surface area contributed by atoms with Gasteiger partial charge in [0, 0.05) is 32.9 Å². The lowest BCUT2D eigenvalue weighted by atomic mass is 10.0. The Morgan fingerprint density at radius 3 is 0.792 bits per heavy atom. The molecule has 0 fully saturated rings. The fraction of sp³-hybridized carbons (Fsp3) is 0. The van der Waals surface area contributed by atoms with E-state index in [1.165, 1.54) is 43.1 Å². The largest absolute Gasteiger partial charge is 0.309 e. The van der Waals surface area contributed by atoms with Gasteiger partial charge in [-0.25, -0.2) is 0 Å². The average molecular weight is 613 g/mol. The smallest absolute Gasteiger partial charge is 0.0540 e. The predicted molar refractivity (Wildman–Crippen MR) is 206 cm³/mol. The summed E-state index contributed by atoms with van der Waals surface area (Å²) in [7, 11) is 0. The zero-order valence-electron chi connectivity index (χ0n) is 26.4. The Balaban J connectivity index is 1.33. The molecule has 0 spiro atoms. The molecule has 0 unspecified atom stereocenters. The van der Waals surface area contributed by atoms with E-state index in [2.05, 4.69) is 204 Å². The molecule has 0 atom stereocenters. The van der Waals surface area contributed by atoms with Crippen molar-refractivity contribution >= 4 is 77.2 Å². The van der Waals surface area contributed by atoms with Gasteiger partial charge in [-0.05, 0) is 64.0 Å². The van der Waals surface area contributed by atoms with Gasteiger partial charge in [-0.1, -0.05) is 152 Å². The van der Waals surface area contributed by atoms with Crippen LogP contribution in [0.15, 0.2) is 194 Å². The molecule has 0 saturated heterocycles. The highest BCUT2D eigenvalue weighted by Gasteiger charge is 2.21. The number of rotatable bonds is 6. The highest BCUT2D eigenvalue weighted by atomic mass is 15.2. The van der Waals surface area contributed by atoms with Gasteiger partial charge in [-0.2, -0.15) is 0 Å². The quantitative estimate of drug-likeness (QED) is 0.184. The Morgan fingerprint density at radius 2 is 0.479 bits per heavy atom. The Hall–Kier alpha value is -6.38. The summed E-state index contributed by atoms with van der Waals surface area (Å²) >= 11 is 0. The molecule has 0 aromatic heterocycles. The van der Waals surface area contributed by atoms with Crippen molar-refractivity contribution in [2.24, 2.45) is 0 Å². The molecule has 0 aliphatic heterocycles. The minimum atomic E-state index is 1.09. The number of anilines is 6. The van der Waals surface area contributed by atoms with Crippen LogP contribution in [0.25, 0.3) is 43.1 Å². The summed E-state index contributed by atoms with van der Waals surface area (Å²) in [4.78, 5) is 4.86. The Kier molecular flexibility index (Phi) is 6.84. The summed E-state index contributed by atoms with van der Waals surface area (Å²) in [5, 5.41) is 9.68. The topological polar surface area (TPSA) is 6.48 Å². The van der Waals surface area contributed by atoms with E-state index in [4.69, 9.17) is 0 Å². The van der Waals surface area contributed by atoms with Crippen LogP contribution < -0.4 is 9.80 Å². The van der Waals surface area contributed by atoms with Crippen LogP contribution in [0.3, 0.4) is 0 Å². The summed E-state index contributed by atoms with van der Waals surface area (Å²) in [6, 6.07) is 70.1. The molecule has 226 valence electrons. The molecule has 0 radical (unpaired) electrons. The van der Waals surface area contributed by atoms with E-state index in [0.717, 1.165) is 34.1 Å². The van der Waals surface area contributed by atoms with Gasteiger partial charge >= 0.3 is 0 Å². The van der Waals surface area contributed by atoms with Gasteiger partial charge in [0.05, 0.1) is 22.7 Å². The first-order chi connectivity index (χ1) is 23.8. The van der Waals surface area contributed by atoms with Crippen molar-refractivity contribution in [3.8, 4) is 0 Å². The van der Waals surface area contributed by atoms with Crippen molar-refractivity contribution in [2.75, 3.05) is 9.80 Å². The number of hydrogen-bond acceptors (Lipinski definition) is 2. The zero-order chi connectivity index (χ0) is 31.9. The van der Waals surface area contributed by atoms with Crippen molar-refractivity contribution in [1.82, 2.24) is 0 Å². The van der Waals surface area contributed by atoms with Gasteiger partial charge in [0.25, 0.3) is 0 Å². The maximum absolute atomic E-state index is 2.43. The number of fused-ring (bicyclic) bond motifs is 4. The molecule has 0 aliphatic carbocycles. The second-order valence-corrected chi connectivity index (χ2v) is 12.2. The van der Waals surface area contributed by atoms with Crippen molar-refractivity contribution in [2.45, 2.75) is 0 Å². The molecule has 9 aromatic carbocycles. The first kappa shape index (κ1) is 27.9. The van der Waals surface area contributed by atoms with Crippen LogP contribution in [-0.4, -0.2) is 0 Å². The first-order valence-corrected chi connectivity index (χ1v) is 16.4. The highest BCUT2D eigenvalue weighted by molar-refractivity contribution is 6.07. The van der Waals surface area contributed by atoms with Gasteiger partial charge in [0.15, 0.2) is 0 Å². The van der Waals surface area contributed by atoms with E-state index < -0.39 is 0 Å². The zero-order valence-corrected chi connectivity index (χ0v) is 26.4. The molecular weight excluding hydrogens is 581 g/mol. The monoisotopic (exact) mass is 612 g/mol. The molecule has 2 heteroatoms. The summed E-state index contributed by atoms with van der Waals surface area (Å²) in [6.07, 6.45) is 0. The summed E-state index contributed by atoms with van der Waals surface area (Å²) < 4.78 is 0. The third-order valence-corrected chi connectivity index (χ3v) is 9.38. The molecule has 0 heterocycles. The molecule has 9 aromatic rings. The predicted octanol–water partition coefficient (Wildman–Crippen LogP) is 13.2. The Morgan fingerprint density at radius 1 is 0.229 bits per heavy atom. The van der Waals surface area contributed by atoms with E-state index in [1.54, 1.807) is 0 Å². The Bertz CT molecular complexity index is 2240. The summed E-state index contributed by atoms with van der Waals surface area (Å²) in [5.74, 6) is 0. The van der Waals surface area contributed by atoms with Crippen molar-refractivity contribution in [1.29, 1.82) is 0 Å². The van der Waals surface area contributed by atoms with Gasteiger partial charge < -0.3 is 9.80 Å². The van der Waals surface area contributed by atoms with E-state index >= 15 is 0 Å². The lowest BCUT2D eigenvalue weighted by molar-refractivity contribution is 1.27. The maximum Gasteiger partial charge on any atom is 0.0540 e. The van der Waals surface area contributed by atoms with E-state index in [1.807, 2.05) is 0 Å². The van der Waals surface area contributed by atoms with E-state index in [9.17, 15) is 0 Å². The van der Waals surface area contributed by atoms with Crippen LogP contribution >= 0.6 is 0 Å². The number of hydrogen-bond donors (Lipinski definition) is 0. The molecule has 0 saturated carbocycles. The lowest BCUT2D eigenvalue weighted by Crippen LogP contribution is -2.14. The maximum atomic E-state index is 2.43. The van der Waals surface area contributed by atoms with Crippen LogP contribution in [0.1, 0.15) is 0 Å². The third-order valence-electron chi connectivity index (χ3n) is 9.38. The molecule has 0 N–H and O–H groups in total. The molecule has 2 nitrogen and oxygen atoms in total. The van der Waals surface area contributed by atoms with Gasteiger partial charge in [0.1, 0.15) is 0 Å². The van der Waals surface area contributed by atoms with Crippen molar-refractivity contribution in [3.05, 3.63) is 194 Å². The van der Waals surface area contributed by atoms with Crippen molar-refractivity contribution < 1.29 is 0 Å². The molecule has 0 amide bonds. The fourth-order valence-electron chi connectivity index (χ4n) is 7.20. The molecule has 0 bridgehead atoms. The lowest BCUT2D eigenvalue weighted by Gasteiger charge is -2.31. The molecular formula is C46H32N2. The highest BCUT2D eigenvalue weighted by Crippen LogP contribution is 2.46. The second-order valence-electron chi connectivity index (χ2n) is 12.2. The van der Waals surface area contributed by atoms with E-state index in [0.29, 0.717) is 0 Å². The van der Waals surface area contributed by atoms with E-state index in [-0.39, 0.29) is 0 Å². The van der Waals surface area contributed by atoms with Crippen LogP contribution in [-0.2, 0) is 0 Å². The van der Waals surface area contributed by atoms with Crippen molar-refractivity contribution in [3.63, 3.8) is 0 Å². The Labute approximate surface area is 280 Å². The second kappa shape index (κ2) is 11.8. The van der Waals surface area contributed by atoms with Gasteiger partial charge in [-0.3, -0.25) is 0 Å². The first-order valence-electron chi connectivity index (χ1n) is 16.4. The number of benzene rings is 9. The number of nitrogens with zero attached hydrogens (tertiary/aromatic N) is 2. The third kappa shape index (κ3) is 4.74. The van der Waals surface area contributed by atoms with Crippen LogP contribution in [0.5, 0.6) is 0 Å². The van der Waals surface area contributed by atoms with Crippen LogP contribution in [0, 0.1) is 0 Å². The normalized spacial score (nSPS) is 11.3. The van der Waals surface area contributed by atoms with Gasteiger partial charge in [-0.15, -0.1) is 0 Å². The average Bonchev–Trinajstić information content (AvgIpc) is 3.16. The molecule has 0 aliphatic rings. The van der Waals surface area contributed by atoms with Gasteiger partial charge in [0.2, 0.25) is 0 Å². The molecule has 48 heavy (non-hydrogen) atoms. The summed E-state index contributed by atoms with van der Waals surface area (Å²) in [5.41, 5.74) is 6.75. The minimum absolute atomic E-state index is 1.09. The SMILES string of the molecule is c1cc(N(c2cccc3ccccc23)c2cccc3ccccc23)cc(N(c2cccc3ccccc23)c2cccc3ccccc23)c1. The minimum Gasteiger partial charge on any atom is -0.309 e. The van der Waals surface area contributed by atoms with Crippen LogP contribution in [0.2, 0.25) is 0 Å². The summed E-state index contributed by atoms with van der Waals surface area (Å²) in [6.45, 7) is 0. The standard InChI is InChI=1S/C46H32N2/c1-5-24-39-33(14-1)18-9-28-43(39)47(44-29-10-19-34-15-2-6-25-40(34)44)37-22-13-23-38(32-37)48(45-30-11-20-35-16-3-7-26-41(35)45)46-31-12-21-36-17-4-8-27-42(36)46/h1-32H. The van der Waals surface area contributed by atoms with Crippen LogP contribution in [0.4, 0.5) is 34.1 Å².